The number of hydrogen-bond acceptors (Lipinski definition) is 8. The van der Waals surface area contributed by atoms with E-state index in [0.29, 0.717) is 44.0 Å². The van der Waals surface area contributed by atoms with E-state index in [-0.39, 0.29) is 12.1 Å². The van der Waals surface area contributed by atoms with Crippen LogP contribution in [0.25, 0.3) is 0 Å². The van der Waals surface area contributed by atoms with Crippen molar-refractivity contribution < 1.29 is 29.5 Å². The molecular formula is C24H30N4O7. The molecule has 2 rings (SSSR count). The number of non-ortho nitro benzene ring substituents is 1. The van der Waals surface area contributed by atoms with Crippen molar-refractivity contribution in [3.8, 4) is 0 Å². The molecule has 0 spiro atoms. The minimum Gasteiger partial charge on any atom is -0.481 e. The zero-order valence-electron chi connectivity index (χ0n) is 19.6. The van der Waals surface area contributed by atoms with Crippen molar-refractivity contribution in [3.05, 3.63) is 58.6 Å². The first-order valence-electron chi connectivity index (χ1n) is 11.4. The number of carboxylic acids is 2. The molecule has 0 unspecified atom stereocenters. The van der Waals surface area contributed by atoms with Crippen molar-refractivity contribution in [1.82, 2.24) is 0 Å². The third kappa shape index (κ3) is 9.49. The average Bonchev–Trinajstić information content (AvgIpc) is 2.84. The third-order valence-corrected chi connectivity index (χ3v) is 5.32. The van der Waals surface area contributed by atoms with Gasteiger partial charge in [0.1, 0.15) is 0 Å². The summed E-state index contributed by atoms with van der Waals surface area (Å²) in [5, 5.41) is 36.7. The number of carbonyl (C=O) groups is 2. The summed E-state index contributed by atoms with van der Waals surface area (Å²) in [6.07, 6.45) is 2.11. The maximum Gasteiger partial charge on any atom is 0.317 e. The molecule has 0 heterocycles. The van der Waals surface area contributed by atoms with E-state index < -0.39 is 22.8 Å². The number of hydrogen-bond donors (Lipinski definition) is 2. The van der Waals surface area contributed by atoms with Crippen LogP contribution in [0.2, 0.25) is 0 Å². The Kier molecular flexibility index (Phi) is 11.3. The van der Waals surface area contributed by atoms with Gasteiger partial charge in [0, 0.05) is 37.5 Å². The fraction of sp³-hybridized carbons (Fsp3) is 0.417. The van der Waals surface area contributed by atoms with E-state index >= 15 is 0 Å². The Morgan fingerprint density at radius 3 is 2.03 bits per heavy atom. The standard InChI is InChI=1S/C24H30N4O7/c1-2-27(15-17-35-16-5-3-4-6-22(23(29)30)24(31)32)20-11-7-18(8-12-20)25-26-19-9-13-21(14-10-19)28(33)34/h7-14,22H,2-6,15-17H2,1H3,(H,29,30)(H,31,32). The number of aliphatic carboxylic acids is 2. The summed E-state index contributed by atoms with van der Waals surface area (Å²) >= 11 is 0. The number of nitro groups is 1. The summed E-state index contributed by atoms with van der Waals surface area (Å²) in [6.45, 7) is 4.59. The molecule has 0 saturated heterocycles. The number of nitrogens with zero attached hydrogens (tertiary/aromatic N) is 4. The smallest absolute Gasteiger partial charge is 0.317 e. The van der Waals surface area contributed by atoms with Crippen LogP contribution in [0.1, 0.15) is 32.6 Å². The lowest BCUT2D eigenvalue weighted by Gasteiger charge is -2.23. The summed E-state index contributed by atoms with van der Waals surface area (Å²) in [5.41, 5.74) is 2.20. The Bertz CT molecular complexity index is 980. The lowest BCUT2D eigenvalue weighted by molar-refractivity contribution is -0.384. The van der Waals surface area contributed by atoms with E-state index in [0.717, 1.165) is 18.7 Å². The second-order valence-corrected chi connectivity index (χ2v) is 7.76. The van der Waals surface area contributed by atoms with Gasteiger partial charge in [0.05, 0.1) is 22.9 Å². The Morgan fingerprint density at radius 1 is 0.943 bits per heavy atom. The molecule has 35 heavy (non-hydrogen) atoms. The number of likely N-dealkylation sites (N-methyl/N-ethyl adjacent to an activating group) is 1. The molecule has 0 aliphatic rings. The summed E-state index contributed by atoms with van der Waals surface area (Å²) in [5.74, 6) is -3.94. The molecule has 0 aromatic heterocycles. The van der Waals surface area contributed by atoms with Crippen molar-refractivity contribution in [1.29, 1.82) is 0 Å². The number of nitro benzene ring substituents is 1. The predicted octanol–water partition coefficient (Wildman–Crippen LogP) is 5.20. The Hall–Kier alpha value is -3.86. The minimum absolute atomic E-state index is 0.00144. The zero-order valence-corrected chi connectivity index (χ0v) is 19.6. The molecule has 0 saturated carbocycles. The topological polar surface area (TPSA) is 155 Å². The third-order valence-electron chi connectivity index (χ3n) is 5.32. The number of benzene rings is 2. The van der Waals surface area contributed by atoms with Gasteiger partial charge in [-0.25, -0.2) is 0 Å². The van der Waals surface area contributed by atoms with Crippen molar-refractivity contribution >= 4 is 34.7 Å². The van der Waals surface area contributed by atoms with Crippen LogP contribution in [0.15, 0.2) is 58.8 Å². The maximum atomic E-state index is 10.9. The molecular weight excluding hydrogens is 456 g/mol. The van der Waals surface area contributed by atoms with Gasteiger partial charge in [0.15, 0.2) is 5.92 Å². The molecule has 0 aliphatic carbocycles. The van der Waals surface area contributed by atoms with Gasteiger partial charge in [-0.3, -0.25) is 19.7 Å². The molecule has 0 atom stereocenters. The van der Waals surface area contributed by atoms with Crippen LogP contribution in [-0.2, 0) is 14.3 Å². The van der Waals surface area contributed by atoms with Crippen LogP contribution in [0.3, 0.4) is 0 Å². The monoisotopic (exact) mass is 486 g/mol. The lowest BCUT2D eigenvalue weighted by atomic mass is 10.0. The van der Waals surface area contributed by atoms with Gasteiger partial charge < -0.3 is 19.8 Å². The maximum absolute atomic E-state index is 10.9. The van der Waals surface area contributed by atoms with Crippen molar-refractivity contribution in [2.24, 2.45) is 16.1 Å². The van der Waals surface area contributed by atoms with E-state index in [1.54, 1.807) is 0 Å². The van der Waals surface area contributed by atoms with Crippen LogP contribution in [-0.4, -0.2) is 53.4 Å². The SMILES string of the molecule is CCN(CCOCCCCCC(C(=O)O)C(=O)O)c1ccc(N=Nc2ccc([N+](=O)[O-])cc2)cc1. The van der Waals surface area contributed by atoms with E-state index in [2.05, 4.69) is 15.1 Å². The molecule has 11 heteroatoms. The molecule has 188 valence electrons. The van der Waals surface area contributed by atoms with Crippen molar-refractivity contribution in [2.45, 2.75) is 32.6 Å². The van der Waals surface area contributed by atoms with Gasteiger partial charge in [-0.05, 0) is 56.2 Å². The molecule has 2 aromatic carbocycles. The number of rotatable bonds is 16. The van der Waals surface area contributed by atoms with Crippen molar-refractivity contribution in [3.63, 3.8) is 0 Å². The Labute approximate surface area is 203 Å². The Morgan fingerprint density at radius 2 is 1.51 bits per heavy atom. The first-order valence-corrected chi connectivity index (χ1v) is 11.4. The number of azo groups is 1. The van der Waals surface area contributed by atoms with Gasteiger partial charge in [-0.2, -0.15) is 10.2 Å². The molecule has 0 radical (unpaired) electrons. The van der Waals surface area contributed by atoms with Gasteiger partial charge in [0.25, 0.3) is 5.69 Å². The number of carboxylic acid groups (broad SMARTS) is 2. The first-order chi connectivity index (χ1) is 16.8. The van der Waals surface area contributed by atoms with Crippen LogP contribution in [0.4, 0.5) is 22.7 Å². The summed E-state index contributed by atoms with van der Waals surface area (Å²) in [7, 11) is 0. The number of unbranched alkanes of at least 4 members (excludes halogenated alkanes) is 2. The molecule has 0 fully saturated rings. The average molecular weight is 487 g/mol. The first kappa shape index (κ1) is 27.4. The molecule has 0 aliphatic heterocycles. The summed E-state index contributed by atoms with van der Waals surface area (Å²) in [4.78, 5) is 34.1. The van der Waals surface area contributed by atoms with E-state index in [1.165, 1.54) is 24.3 Å². The zero-order chi connectivity index (χ0) is 25.6. The van der Waals surface area contributed by atoms with Crippen molar-refractivity contribution in [2.75, 3.05) is 31.2 Å². The molecule has 11 nitrogen and oxygen atoms in total. The molecule has 0 amide bonds. The lowest BCUT2D eigenvalue weighted by Crippen LogP contribution is -2.27. The van der Waals surface area contributed by atoms with Gasteiger partial charge in [-0.1, -0.05) is 12.8 Å². The highest BCUT2D eigenvalue weighted by molar-refractivity contribution is 5.92. The van der Waals surface area contributed by atoms with E-state index in [4.69, 9.17) is 14.9 Å². The van der Waals surface area contributed by atoms with Gasteiger partial charge in [0.2, 0.25) is 0 Å². The normalized spacial score (nSPS) is 11.1. The summed E-state index contributed by atoms with van der Waals surface area (Å²) < 4.78 is 5.67. The predicted molar refractivity (Wildman–Crippen MR) is 130 cm³/mol. The highest BCUT2D eigenvalue weighted by Gasteiger charge is 2.24. The minimum atomic E-state index is -1.34. The highest BCUT2D eigenvalue weighted by atomic mass is 16.6. The van der Waals surface area contributed by atoms with E-state index in [9.17, 15) is 19.7 Å². The van der Waals surface area contributed by atoms with Crippen LogP contribution >= 0.6 is 0 Å². The molecule has 2 N–H and O–H groups in total. The van der Waals surface area contributed by atoms with Gasteiger partial charge in [-0.15, -0.1) is 0 Å². The number of anilines is 1. The summed E-state index contributed by atoms with van der Waals surface area (Å²) in [6, 6.07) is 13.4. The fourth-order valence-electron chi connectivity index (χ4n) is 3.32. The van der Waals surface area contributed by atoms with Gasteiger partial charge >= 0.3 is 11.9 Å². The number of ether oxygens (including phenoxy) is 1. The molecule has 2 aromatic rings. The van der Waals surface area contributed by atoms with E-state index in [1.807, 2.05) is 31.2 Å². The largest absolute Gasteiger partial charge is 0.481 e. The quantitative estimate of drug-likeness (QED) is 0.108. The highest BCUT2D eigenvalue weighted by Crippen LogP contribution is 2.23. The fourth-order valence-corrected chi connectivity index (χ4v) is 3.32. The molecule has 0 bridgehead atoms. The van der Waals surface area contributed by atoms with Crippen LogP contribution in [0.5, 0.6) is 0 Å². The van der Waals surface area contributed by atoms with Crippen LogP contribution < -0.4 is 4.90 Å². The second-order valence-electron chi connectivity index (χ2n) is 7.76. The Balaban J connectivity index is 1.71. The van der Waals surface area contributed by atoms with Crippen LogP contribution in [0, 0.1) is 16.0 Å². The second kappa shape index (κ2) is 14.4.